The SMILES string of the molecule is COc1cc2occ(C)c2cc1C(=O)O. The van der Waals surface area contributed by atoms with Gasteiger partial charge in [-0.05, 0) is 18.6 Å². The molecule has 0 radical (unpaired) electrons. The molecule has 1 heterocycles. The number of furan rings is 1. The van der Waals surface area contributed by atoms with Crippen LogP contribution in [0.15, 0.2) is 22.8 Å². The fourth-order valence-corrected chi connectivity index (χ4v) is 1.52. The van der Waals surface area contributed by atoms with E-state index in [0.29, 0.717) is 11.3 Å². The maximum Gasteiger partial charge on any atom is 0.339 e. The predicted molar refractivity (Wildman–Crippen MR) is 54.5 cm³/mol. The van der Waals surface area contributed by atoms with Crippen LogP contribution in [-0.4, -0.2) is 18.2 Å². The summed E-state index contributed by atoms with van der Waals surface area (Å²) in [5, 5.41) is 9.77. The van der Waals surface area contributed by atoms with Crippen LogP contribution in [0, 0.1) is 6.92 Å². The van der Waals surface area contributed by atoms with Crippen LogP contribution in [0.5, 0.6) is 5.75 Å². The van der Waals surface area contributed by atoms with Crippen LogP contribution >= 0.6 is 0 Å². The van der Waals surface area contributed by atoms with Crippen molar-refractivity contribution >= 4 is 16.9 Å². The summed E-state index contributed by atoms with van der Waals surface area (Å²) in [6.45, 7) is 1.87. The average molecular weight is 206 g/mol. The quantitative estimate of drug-likeness (QED) is 0.819. The molecule has 78 valence electrons. The van der Waals surface area contributed by atoms with Gasteiger partial charge in [-0.3, -0.25) is 0 Å². The molecule has 2 aromatic rings. The van der Waals surface area contributed by atoms with Crippen LogP contribution in [0.1, 0.15) is 15.9 Å². The predicted octanol–water partition coefficient (Wildman–Crippen LogP) is 2.45. The molecule has 0 unspecified atom stereocenters. The van der Waals surface area contributed by atoms with Gasteiger partial charge in [0.25, 0.3) is 0 Å². The van der Waals surface area contributed by atoms with E-state index in [0.717, 1.165) is 10.9 Å². The molecule has 4 nitrogen and oxygen atoms in total. The molecule has 0 aliphatic heterocycles. The van der Waals surface area contributed by atoms with Gasteiger partial charge >= 0.3 is 5.97 Å². The molecule has 4 heteroatoms. The first kappa shape index (κ1) is 9.58. The lowest BCUT2D eigenvalue weighted by Gasteiger charge is -2.04. The number of hydrogen-bond donors (Lipinski definition) is 1. The highest BCUT2D eigenvalue weighted by molar-refractivity contribution is 5.97. The molecule has 1 N–H and O–H groups in total. The topological polar surface area (TPSA) is 59.7 Å². The minimum absolute atomic E-state index is 0.148. The molecule has 0 saturated heterocycles. The number of carbonyl (C=O) groups is 1. The zero-order valence-electron chi connectivity index (χ0n) is 8.40. The molecule has 2 rings (SSSR count). The highest BCUT2D eigenvalue weighted by atomic mass is 16.5. The molecule has 0 amide bonds. The van der Waals surface area contributed by atoms with Crippen molar-refractivity contribution < 1.29 is 19.1 Å². The number of carboxylic acid groups (broad SMARTS) is 1. The van der Waals surface area contributed by atoms with Crippen LogP contribution < -0.4 is 4.74 Å². The second-order valence-electron chi connectivity index (χ2n) is 3.27. The molecular weight excluding hydrogens is 196 g/mol. The molecule has 0 fully saturated rings. The Bertz CT molecular complexity index is 525. The number of aryl methyl sites for hydroxylation is 1. The van der Waals surface area contributed by atoms with Gasteiger partial charge in [0.15, 0.2) is 0 Å². The first-order valence-electron chi connectivity index (χ1n) is 4.42. The first-order valence-corrected chi connectivity index (χ1v) is 4.42. The smallest absolute Gasteiger partial charge is 0.339 e. The fraction of sp³-hybridized carbons (Fsp3) is 0.182. The van der Waals surface area contributed by atoms with Crippen LogP contribution in [0.2, 0.25) is 0 Å². The van der Waals surface area contributed by atoms with Crippen molar-refractivity contribution in [2.24, 2.45) is 0 Å². The normalized spacial score (nSPS) is 10.5. The van der Waals surface area contributed by atoms with Crippen molar-refractivity contribution in [2.45, 2.75) is 6.92 Å². The Morgan fingerprint density at radius 2 is 2.20 bits per heavy atom. The van der Waals surface area contributed by atoms with Gasteiger partial charge in [0.1, 0.15) is 16.9 Å². The summed E-state index contributed by atoms with van der Waals surface area (Å²) in [5.74, 6) is -0.696. The Kier molecular flexibility index (Phi) is 2.11. The maximum atomic E-state index is 10.9. The summed E-state index contributed by atoms with van der Waals surface area (Å²) in [4.78, 5) is 10.9. The van der Waals surface area contributed by atoms with Gasteiger partial charge in [0, 0.05) is 11.5 Å². The maximum absolute atomic E-state index is 10.9. The molecule has 1 aromatic carbocycles. The second kappa shape index (κ2) is 3.31. The second-order valence-corrected chi connectivity index (χ2v) is 3.27. The number of benzene rings is 1. The van der Waals surface area contributed by atoms with E-state index >= 15 is 0 Å². The first-order chi connectivity index (χ1) is 7.13. The van der Waals surface area contributed by atoms with Crippen molar-refractivity contribution in [3.8, 4) is 5.75 Å². The van der Waals surface area contributed by atoms with Gasteiger partial charge in [-0.15, -0.1) is 0 Å². The largest absolute Gasteiger partial charge is 0.496 e. The molecule has 0 atom stereocenters. The summed E-state index contributed by atoms with van der Waals surface area (Å²) in [6.07, 6.45) is 1.59. The van der Waals surface area contributed by atoms with E-state index in [1.807, 2.05) is 6.92 Å². The number of aromatic carboxylic acids is 1. The standard InChI is InChI=1S/C11H10O4/c1-6-5-15-10-4-9(14-2)8(11(12)13)3-7(6)10/h3-5H,1-2H3,(H,12,13). The molecule has 15 heavy (non-hydrogen) atoms. The lowest BCUT2D eigenvalue weighted by Crippen LogP contribution is -2.00. The van der Waals surface area contributed by atoms with E-state index in [-0.39, 0.29) is 5.56 Å². The number of rotatable bonds is 2. The summed E-state index contributed by atoms with van der Waals surface area (Å²) in [6, 6.07) is 3.15. The van der Waals surface area contributed by atoms with Crippen LogP contribution in [0.3, 0.4) is 0 Å². The van der Waals surface area contributed by atoms with Gasteiger partial charge in [-0.25, -0.2) is 4.79 Å². The third-order valence-electron chi connectivity index (χ3n) is 2.32. The Balaban J connectivity index is 2.77. The Labute approximate surface area is 86.1 Å². The third-order valence-corrected chi connectivity index (χ3v) is 2.32. The van der Waals surface area contributed by atoms with Gasteiger partial charge in [0.2, 0.25) is 0 Å². The molecule has 0 aliphatic rings. The summed E-state index contributed by atoms with van der Waals surface area (Å²) >= 11 is 0. The molecule has 0 bridgehead atoms. The van der Waals surface area contributed by atoms with Crippen molar-refractivity contribution in [1.82, 2.24) is 0 Å². The molecule has 0 saturated carbocycles. The molecule has 0 spiro atoms. The summed E-state index contributed by atoms with van der Waals surface area (Å²) in [7, 11) is 1.43. The Morgan fingerprint density at radius 1 is 1.47 bits per heavy atom. The monoisotopic (exact) mass is 206 g/mol. The van der Waals surface area contributed by atoms with E-state index in [9.17, 15) is 4.79 Å². The lowest BCUT2D eigenvalue weighted by molar-refractivity contribution is 0.0693. The number of hydrogen-bond acceptors (Lipinski definition) is 3. The van der Waals surface area contributed by atoms with Crippen molar-refractivity contribution in [3.63, 3.8) is 0 Å². The Hall–Kier alpha value is -1.97. The van der Waals surface area contributed by atoms with Crippen LogP contribution in [0.4, 0.5) is 0 Å². The van der Waals surface area contributed by atoms with E-state index in [1.54, 1.807) is 18.4 Å². The van der Waals surface area contributed by atoms with E-state index in [1.165, 1.54) is 7.11 Å². The number of methoxy groups -OCH3 is 1. The lowest BCUT2D eigenvalue weighted by atomic mass is 10.1. The summed E-state index contributed by atoms with van der Waals surface area (Å²) < 4.78 is 10.2. The molecule has 0 aliphatic carbocycles. The van der Waals surface area contributed by atoms with Crippen molar-refractivity contribution in [1.29, 1.82) is 0 Å². The van der Waals surface area contributed by atoms with E-state index in [2.05, 4.69) is 0 Å². The van der Waals surface area contributed by atoms with Crippen molar-refractivity contribution in [2.75, 3.05) is 7.11 Å². The molecule has 1 aromatic heterocycles. The zero-order valence-corrected chi connectivity index (χ0v) is 8.40. The van der Waals surface area contributed by atoms with Crippen LogP contribution in [-0.2, 0) is 0 Å². The minimum Gasteiger partial charge on any atom is -0.496 e. The van der Waals surface area contributed by atoms with Gasteiger partial charge in [0.05, 0.1) is 13.4 Å². The number of carboxylic acids is 1. The number of fused-ring (bicyclic) bond motifs is 1. The number of ether oxygens (including phenoxy) is 1. The van der Waals surface area contributed by atoms with Gasteiger partial charge in [-0.1, -0.05) is 0 Å². The highest BCUT2D eigenvalue weighted by Crippen LogP contribution is 2.28. The highest BCUT2D eigenvalue weighted by Gasteiger charge is 2.14. The van der Waals surface area contributed by atoms with Gasteiger partial charge < -0.3 is 14.3 Å². The van der Waals surface area contributed by atoms with E-state index < -0.39 is 5.97 Å². The Morgan fingerprint density at radius 3 is 2.80 bits per heavy atom. The van der Waals surface area contributed by atoms with Crippen LogP contribution in [0.25, 0.3) is 11.0 Å². The van der Waals surface area contributed by atoms with Gasteiger partial charge in [-0.2, -0.15) is 0 Å². The summed E-state index contributed by atoms with van der Waals surface area (Å²) in [5.41, 5.74) is 1.69. The zero-order chi connectivity index (χ0) is 11.0. The average Bonchev–Trinajstić information content (AvgIpc) is 2.58. The van der Waals surface area contributed by atoms with Crippen molar-refractivity contribution in [3.05, 3.63) is 29.5 Å². The minimum atomic E-state index is -1.01. The fourth-order valence-electron chi connectivity index (χ4n) is 1.52. The molecular formula is C11H10O4. The third kappa shape index (κ3) is 1.44. The van der Waals surface area contributed by atoms with E-state index in [4.69, 9.17) is 14.3 Å².